The van der Waals surface area contributed by atoms with Crippen molar-refractivity contribution in [2.75, 3.05) is 6.61 Å². The van der Waals surface area contributed by atoms with Crippen LogP contribution in [-0.4, -0.2) is 12.0 Å². The third-order valence-electron chi connectivity index (χ3n) is 2.60. The van der Waals surface area contributed by atoms with Gasteiger partial charge in [-0.15, -0.1) is 0 Å². The molecular weight excluding hydrogens is 204 g/mol. The Morgan fingerprint density at radius 2 is 1.33 bits per heavy atom. The predicted octanol–water partition coefficient (Wildman–Crippen LogP) is 5.08. The first-order valence-corrected chi connectivity index (χ1v) is 7.02. The molecule has 0 aliphatic heterocycles. The van der Waals surface area contributed by atoms with Crippen molar-refractivity contribution < 1.29 is 4.74 Å². The van der Waals surface area contributed by atoms with E-state index in [4.69, 9.17) is 17.4 Å². The van der Waals surface area contributed by atoms with E-state index in [1.165, 1.54) is 57.8 Å². The molecule has 0 N–H and O–H groups in total. The summed E-state index contributed by atoms with van der Waals surface area (Å²) in [5.74, 6) is 0. The smallest absolute Gasteiger partial charge is 0.110 e. The predicted molar refractivity (Wildman–Crippen MR) is 70.2 cm³/mol. The second-order valence-corrected chi connectivity index (χ2v) is 4.93. The number of hydrogen-bond donors (Lipinski definition) is 0. The third kappa shape index (κ3) is 14.3. The number of rotatable bonds is 11. The van der Waals surface area contributed by atoms with Crippen LogP contribution >= 0.6 is 12.6 Å². The Morgan fingerprint density at radius 1 is 0.867 bits per heavy atom. The summed E-state index contributed by atoms with van der Waals surface area (Å²) >= 11 is 4.92. The molecule has 0 aromatic carbocycles. The van der Waals surface area contributed by atoms with Crippen LogP contribution in [0.2, 0.25) is 0 Å². The minimum Gasteiger partial charge on any atom is -0.367 e. The maximum absolute atomic E-state index is 5.32. The molecule has 0 aliphatic carbocycles. The monoisotopic (exact) mass is 231 g/mol. The van der Waals surface area contributed by atoms with Crippen molar-refractivity contribution in [3.05, 3.63) is 0 Å². The van der Waals surface area contributed by atoms with Crippen molar-refractivity contribution in [1.29, 1.82) is 0 Å². The molecule has 0 aromatic rings. The van der Waals surface area contributed by atoms with Gasteiger partial charge in [0.1, 0.15) is 5.44 Å². The van der Waals surface area contributed by atoms with Gasteiger partial charge in [-0.3, -0.25) is 0 Å². The minimum atomic E-state index is -0.0148. The Labute approximate surface area is 101 Å². The fourth-order valence-corrected chi connectivity index (χ4v) is 1.76. The van der Waals surface area contributed by atoms with Crippen LogP contribution in [0.1, 0.15) is 71.6 Å². The van der Waals surface area contributed by atoms with Gasteiger partial charge in [0.15, 0.2) is 0 Å². The maximum Gasteiger partial charge on any atom is 0.110 e. The standard InChI is InChI=1S/C13H27OS/c1-3-4-5-6-7-8-9-10-11-12-14-13(2)15/h13H,3-12H2,1-2H3. The number of hydrogen-bond acceptors (Lipinski definition) is 1. The highest BCUT2D eigenvalue weighted by molar-refractivity contribution is 7.80. The van der Waals surface area contributed by atoms with Gasteiger partial charge in [-0.1, -0.05) is 70.9 Å². The molecule has 1 radical (unpaired) electrons. The molecule has 91 valence electrons. The van der Waals surface area contributed by atoms with Crippen LogP contribution in [0.15, 0.2) is 0 Å². The van der Waals surface area contributed by atoms with E-state index in [0.29, 0.717) is 0 Å². The molecule has 1 nitrogen and oxygen atoms in total. The normalized spacial score (nSPS) is 13.0. The van der Waals surface area contributed by atoms with Gasteiger partial charge in [-0.05, 0) is 13.3 Å². The molecule has 0 aromatic heterocycles. The molecule has 0 spiro atoms. The summed E-state index contributed by atoms with van der Waals surface area (Å²) in [4.78, 5) is 0. The zero-order valence-corrected chi connectivity index (χ0v) is 11.3. The van der Waals surface area contributed by atoms with Gasteiger partial charge in [0.05, 0.1) is 0 Å². The summed E-state index contributed by atoms with van der Waals surface area (Å²) in [5, 5.41) is 0. The fraction of sp³-hybridized carbons (Fsp3) is 1.00. The van der Waals surface area contributed by atoms with Gasteiger partial charge < -0.3 is 4.74 Å². The SMILES string of the molecule is CCCCCCCCCCCOC(C)[S]. The Bertz CT molecular complexity index is 115. The highest BCUT2D eigenvalue weighted by atomic mass is 32.1. The molecule has 0 fully saturated rings. The summed E-state index contributed by atoms with van der Waals surface area (Å²) in [6.45, 7) is 5.03. The Balaban J connectivity index is 2.87. The van der Waals surface area contributed by atoms with Gasteiger partial charge in [-0.2, -0.15) is 0 Å². The van der Waals surface area contributed by atoms with Crippen molar-refractivity contribution in [2.45, 2.75) is 77.1 Å². The van der Waals surface area contributed by atoms with Crippen molar-refractivity contribution in [3.63, 3.8) is 0 Å². The van der Waals surface area contributed by atoms with E-state index in [9.17, 15) is 0 Å². The lowest BCUT2D eigenvalue weighted by molar-refractivity contribution is 0.121. The van der Waals surface area contributed by atoms with Crippen LogP contribution in [0, 0.1) is 0 Å². The number of unbranched alkanes of at least 4 members (excludes halogenated alkanes) is 8. The van der Waals surface area contributed by atoms with Gasteiger partial charge >= 0.3 is 0 Å². The van der Waals surface area contributed by atoms with E-state index in [-0.39, 0.29) is 5.44 Å². The molecule has 1 unspecified atom stereocenters. The first kappa shape index (κ1) is 15.3. The van der Waals surface area contributed by atoms with Gasteiger partial charge in [-0.25, -0.2) is 0 Å². The second kappa shape index (κ2) is 12.4. The molecule has 0 heterocycles. The summed E-state index contributed by atoms with van der Waals surface area (Å²) in [6.07, 6.45) is 12.3. The molecule has 0 aliphatic rings. The second-order valence-electron chi connectivity index (χ2n) is 4.27. The van der Waals surface area contributed by atoms with E-state index in [1.54, 1.807) is 0 Å². The largest absolute Gasteiger partial charge is 0.367 e. The molecule has 0 rings (SSSR count). The Hall–Kier alpha value is 0.310. The van der Waals surface area contributed by atoms with E-state index >= 15 is 0 Å². The lowest BCUT2D eigenvalue weighted by atomic mass is 10.1. The summed E-state index contributed by atoms with van der Waals surface area (Å²) < 4.78 is 5.32. The molecule has 0 amide bonds. The number of ether oxygens (including phenoxy) is 1. The van der Waals surface area contributed by atoms with E-state index < -0.39 is 0 Å². The fourth-order valence-electron chi connectivity index (χ4n) is 1.66. The topological polar surface area (TPSA) is 9.23 Å². The summed E-state index contributed by atoms with van der Waals surface area (Å²) in [7, 11) is 0. The highest BCUT2D eigenvalue weighted by Gasteiger charge is 1.95. The van der Waals surface area contributed by atoms with Crippen LogP contribution in [0.5, 0.6) is 0 Å². The Morgan fingerprint density at radius 3 is 1.80 bits per heavy atom. The Kier molecular flexibility index (Phi) is 12.6. The molecule has 2 heteroatoms. The minimum absolute atomic E-state index is 0.0148. The third-order valence-corrected chi connectivity index (χ3v) is 2.74. The van der Waals surface area contributed by atoms with Crippen LogP contribution in [0.4, 0.5) is 0 Å². The van der Waals surface area contributed by atoms with Crippen molar-refractivity contribution in [1.82, 2.24) is 0 Å². The molecule has 0 bridgehead atoms. The average molecular weight is 231 g/mol. The van der Waals surface area contributed by atoms with Crippen molar-refractivity contribution in [2.24, 2.45) is 0 Å². The lowest BCUT2D eigenvalue weighted by Crippen LogP contribution is -2.00. The maximum atomic E-state index is 5.32. The van der Waals surface area contributed by atoms with Crippen molar-refractivity contribution in [3.8, 4) is 0 Å². The van der Waals surface area contributed by atoms with Crippen LogP contribution in [0.3, 0.4) is 0 Å². The van der Waals surface area contributed by atoms with E-state index in [1.807, 2.05) is 6.92 Å². The van der Waals surface area contributed by atoms with E-state index in [0.717, 1.165) is 6.61 Å². The molecule has 1 atom stereocenters. The average Bonchev–Trinajstić information content (AvgIpc) is 2.20. The van der Waals surface area contributed by atoms with Gasteiger partial charge in [0, 0.05) is 6.61 Å². The van der Waals surface area contributed by atoms with Crippen LogP contribution in [0.25, 0.3) is 0 Å². The van der Waals surface area contributed by atoms with Gasteiger partial charge in [0.25, 0.3) is 0 Å². The zero-order valence-electron chi connectivity index (χ0n) is 10.5. The van der Waals surface area contributed by atoms with Gasteiger partial charge in [0.2, 0.25) is 0 Å². The molecule has 0 saturated heterocycles. The summed E-state index contributed by atoms with van der Waals surface area (Å²) in [6, 6.07) is 0. The van der Waals surface area contributed by atoms with Crippen LogP contribution in [-0.2, 0) is 4.74 Å². The van der Waals surface area contributed by atoms with Crippen LogP contribution < -0.4 is 0 Å². The summed E-state index contributed by atoms with van der Waals surface area (Å²) in [5.41, 5.74) is -0.0148. The highest BCUT2D eigenvalue weighted by Crippen LogP contribution is 2.09. The molecule has 0 saturated carbocycles. The quantitative estimate of drug-likeness (QED) is 0.451. The first-order chi connectivity index (χ1) is 7.27. The zero-order chi connectivity index (χ0) is 11.4. The van der Waals surface area contributed by atoms with Crippen molar-refractivity contribution >= 4 is 12.6 Å². The lowest BCUT2D eigenvalue weighted by Gasteiger charge is -2.05. The van der Waals surface area contributed by atoms with E-state index in [2.05, 4.69) is 6.92 Å². The molecule has 15 heavy (non-hydrogen) atoms. The first-order valence-electron chi connectivity index (χ1n) is 6.54. The molecular formula is C13H27OS.